The van der Waals surface area contributed by atoms with Gasteiger partial charge < -0.3 is 20.1 Å². The van der Waals surface area contributed by atoms with E-state index >= 15 is 0 Å². The van der Waals surface area contributed by atoms with E-state index in [0.29, 0.717) is 12.8 Å². The Morgan fingerprint density at radius 2 is 1.82 bits per heavy atom. The number of ether oxygens (including phenoxy) is 2. The number of amides is 2. The molecule has 0 fully saturated rings. The van der Waals surface area contributed by atoms with E-state index in [1.165, 1.54) is 14.0 Å². The van der Waals surface area contributed by atoms with Gasteiger partial charge in [-0.05, 0) is 40.5 Å². The molecule has 22 heavy (non-hydrogen) atoms. The Hall–Kier alpha value is -2.05. The summed E-state index contributed by atoms with van der Waals surface area (Å²) < 4.78 is 9.70. The second kappa shape index (κ2) is 9.07. The number of nitrogens with one attached hydrogen (secondary N) is 2. The summed E-state index contributed by atoms with van der Waals surface area (Å²) in [6, 6.07) is -1.62. The smallest absolute Gasteiger partial charge is 0.408 e. The number of hydrogen-bond acceptors (Lipinski definition) is 5. The van der Waals surface area contributed by atoms with Crippen LogP contribution in [0.5, 0.6) is 0 Å². The van der Waals surface area contributed by atoms with Gasteiger partial charge in [0.1, 0.15) is 17.7 Å². The Morgan fingerprint density at radius 3 is 2.27 bits per heavy atom. The molecule has 0 aliphatic heterocycles. The fourth-order valence-electron chi connectivity index (χ4n) is 1.52. The summed E-state index contributed by atoms with van der Waals surface area (Å²) in [6.07, 6.45) is 1.87. The van der Waals surface area contributed by atoms with Gasteiger partial charge in [-0.1, -0.05) is 6.08 Å². The van der Waals surface area contributed by atoms with E-state index in [2.05, 4.69) is 21.9 Å². The Morgan fingerprint density at radius 1 is 1.23 bits per heavy atom. The fraction of sp³-hybridized carbons (Fsp3) is 0.667. The minimum absolute atomic E-state index is 0.376. The Labute approximate surface area is 131 Å². The van der Waals surface area contributed by atoms with Gasteiger partial charge in [0.25, 0.3) is 0 Å². The average Bonchev–Trinajstić information content (AvgIpc) is 2.39. The largest absolute Gasteiger partial charge is 0.467 e. The molecule has 0 aliphatic carbocycles. The first-order valence-corrected chi connectivity index (χ1v) is 7.09. The third kappa shape index (κ3) is 8.28. The molecule has 0 aromatic heterocycles. The maximum absolute atomic E-state index is 12.0. The molecular weight excluding hydrogens is 288 g/mol. The van der Waals surface area contributed by atoms with Crippen molar-refractivity contribution in [2.24, 2.45) is 0 Å². The highest BCUT2D eigenvalue weighted by molar-refractivity contribution is 5.89. The van der Waals surface area contributed by atoms with Crippen LogP contribution in [0.25, 0.3) is 0 Å². The normalized spacial score (nSPS) is 13.5. The van der Waals surface area contributed by atoms with E-state index in [9.17, 15) is 14.4 Å². The second-order valence-electron chi connectivity index (χ2n) is 5.82. The number of hydrogen-bond donors (Lipinski definition) is 2. The molecule has 0 aromatic rings. The molecule has 2 N–H and O–H groups in total. The van der Waals surface area contributed by atoms with Crippen LogP contribution < -0.4 is 10.6 Å². The summed E-state index contributed by atoms with van der Waals surface area (Å²) in [7, 11) is 1.25. The molecule has 7 heteroatoms. The van der Waals surface area contributed by atoms with Gasteiger partial charge in [-0.3, -0.25) is 4.79 Å². The topological polar surface area (TPSA) is 93.7 Å². The van der Waals surface area contributed by atoms with Gasteiger partial charge in [-0.25, -0.2) is 9.59 Å². The zero-order valence-corrected chi connectivity index (χ0v) is 13.9. The van der Waals surface area contributed by atoms with Crippen LogP contribution in [0.3, 0.4) is 0 Å². The van der Waals surface area contributed by atoms with Gasteiger partial charge in [-0.15, -0.1) is 6.58 Å². The van der Waals surface area contributed by atoms with Crippen LogP contribution in [0.1, 0.15) is 40.5 Å². The Bertz CT molecular complexity index is 415. The minimum Gasteiger partial charge on any atom is -0.467 e. The van der Waals surface area contributed by atoms with E-state index in [1.807, 2.05) is 0 Å². The lowest BCUT2D eigenvalue weighted by atomic mass is 10.1. The number of carbonyl (C=O) groups is 3. The van der Waals surface area contributed by atoms with Crippen LogP contribution >= 0.6 is 0 Å². The zero-order valence-electron chi connectivity index (χ0n) is 13.9. The van der Waals surface area contributed by atoms with Crippen LogP contribution in [0.15, 0.2) is 12.7 Å². The third-order valence-corrected chi connectivity index (χ3v) is 2.59. The third-order valence-electron chi connectivity index (χ3n) is 2.59. The van der Waals surface area contributed by atoms with Gasteiger partial charge in [-0.2, -0.15) is 0 Å². The molecule has 2 amide bonds. The molecule has 0 bridgehead atoms. The van der Waals surface area contributed by atoms with E-state index in [4.69, 9.17) is 4.74 Å². The molecule has 0 unspecified atom stereocenters. The first-order valence-electron chi connectivity index (χ1n) is 7.09. The Kier molecular flexibility index (Phi) is 8.22. The predicted octanol–water partition coefficient (Wildman–Crippen LogP) is 1.52. The van der Waals surface area contributed by atoms with Gasteiger partial charge in [0, 0.05) is 0 Å². The van der Waals surface area contributed by atoms with Gasteiger partial charge in [0.05, 0.1) is 7.11 Å². The van der Waals surface area contributed by atoms with Crippen molar-refractivity contribution in [2.45, 2.75) is 58.2 Å². The maximum atomic E-state index is 12.0. The summed E-state index contributed by atoms with van der Waals surface area (Å²) in [5.41, 5.74) is -0.654. The lowest BCUT2D eigenvalue weighted by molar-refractivity contribution is -0.145. The SMILES string of the molecule is C=CCC[C@H](NC(=O)[C@H](C)NC(=O)OC(C)(C)C)C(=O)OC. The number of alkyl carbamates (subject to hydrolysis) is 1. The van der Waals surface area contributed by atoms with Crippen molar-refractivity contribution in [3.63, 3.8) is 0 Å². The molecule has 0 heterocycles. The summed E-state index contributed by atoms with van der Waals surface area (Å²) in [6.45, 7) is 10.2. The van der Waals surface area contributed by atoms with E-state index in [0.717, 1.165) is 0 Å². The highest BCUT2D eigenvalue weighted by atomic mass is 16.6. The van der Waals surface area contributed by atoms with Crippen LogP contribution in [0, 0.1) is 0 Å². The number of carbonyl (C=O) groups excluding carboxylic acids is 3. The summed E-state index contributed by atoms with van der Waals surface area (Å²) in [4.78, 5) is 35.2. The van der Waals surface area contributed by atoms with E-state index < -0.39 is 35.7 Å². The highest BCUT2D eigenvalue weighted by Crippen LogP contribution is 2.07. The summed E-state index contributed by atoms with van der Waals surface area (Å²) in [5.74, 6) is -1.04. The maximum Gasteiger partial charge on any atom is 0.408 e. The number of rotatable bonds is 7. The second-order valence-corrected chi connectivity index (χ2v) is 5.82. The molecular formula is C15H26N2O5. The van der Waals surface area contributed by atoms with Crippen molar-refractivity contribution in [2.75, 3.05) is 7.11 Å². The Balaban J connectivity index is 4.55. The van der Waals surface area contributed by atoms with Crippen LogP contribution in [0.2, 0.25) is 0 Å². The minimum atomic E-state index is -0.842. The van der Waals surface area contributed by atoms with E-state index in [-0.39, 0.29) is 0 Å². The van der Waals surface area contributed by atoms with Crippen molar-refractivity contribution in [3.05, 3.63) is 12.7 Å². The molecule has 0 aliphatic rings. The lowest BCUT2D eigenvalue weighted by Crippen LogP contribution is -2.51. The molecule has 0 saturated carbocycles. The monoisotopic (exact) mass is 314 g/mol. The van der Waals surface area contributed by atoms with Gasteiger partial charge in [0.2, 0.25) is 5.91 Å². The van der Waals surface area contributed by atoms with Crippen molar-refractivity contribution >= 4 is 18.0 Å². The van der Waals surface area contributed by atoms with Crippen LogP contribution in [0.4, 0.5) is 4.79 Å². The summed E-state index contributed by atoms with van der Waals surface area (Å²) in [5, 5.41) is 4.95. The number of esters is 1. The highest BCUT2D eigenvalue weighted by Gasteiger charge is 2.25. The van der Waals surface area contributed by atoms with Crippen LogP contribution in [-0.2, 0) is 19.1 Å². The molecule has 0 saturated heterocycles. The zero-order chi connectivity index (χ0) is 17.3. The predicted molar refractivity (Wildman–Crippen MR) is 82.2 cm³/mol. The van der Waals surface area contributed by atoms with E-state index in [1.54, 1.807) is 26.8 Å². The lowest BCUT2D eigenvalue weighted by Gasteiger charge is -2.23. The first-order chi connectivity index (χ1) is 10.1. The molecule has 0 spiro atoms. The number of methoxy groups -OCH3 is 1. The van der Waals surface area contributed by atoms with Crippen molar-refractivity contribution in [1.82, 2.24) is 10.6 Å². The number of allylic oxidation sites excluding steroid dienone is 1. The first kappa shape index (κ1) is 19.9. The van der Waals surface area contributed by atoms with Gasteiger partial charge >= 0.3 is 12.1 Å². The summed E-state index contributed by atoms with van der Waals surface area (Å²) >= 11 is 0. The van der Waals surface area contributed by atoms with Crippen LogP contribution in [-0.4, -0.2) is 42.8 Å². The van der Waals surface area contributed by atoms with Gasteiger partial charge in [0.15, 0.2) is 0 Å². The standard InChI is InChI=1S/C15H26N2O5/c1-7-8-9-11(13(19)21-6)17-12(18)10(2)16-14(20)22-15(3,4)5/h7,10-11H,1,8-9H2,2-6H3,(H,16,20)(H,17,18)/t10-,11-/m0/s1. The van der Waals surface area contributed by atoms with Crippen molar-refractivity contribution < 1.29 is 23.9 Å². The fourth-order valence-corrected chi connectivity index (χ4v) is 1.52. The average molecular weight is 314 g/mol. The molecule has 0 aromatic carbocycles. The molecule has 0 radical (unpaired) electrons. The molecule has 7 nitrogen and oxygen atoms in total. The molecule has 2 atom stereocenters. The van der Waals surface area contributed by atoms with Crippen molar-refractivity contribution in [3.8, 4) is 0 Å². The quantitative estimate of drug-likeness (QED) is 0.549. The van der Waals surface area contributed by atoms with Crippen molar-refractivity contribution in [1.29, 1.82) is 0 Å². The molecule has 0 rings (SSSR count). The molecule has 126 valence electrons.